The van der Waals surface area contributed by atoms with Gasteiger partial charge >= 0.3 is 6.03 Å². The van der Waals surface area contributed by atoms with Gasteiger partial charge in [0.15, 0.2) is 5.78 Å². The quantitative estimate of drug-likeness (QED) is 0.745. The van der Waals surface area contributed by atoms with Crippen molar-refractivity contribution in [2.24, 2.45) is 11.8 Å². The molecule has 2 atom stereocenters. The molecule has 0 aromatic heterocycles. The molecular formula is C23H33N3O3. The van der Waals surface area contributed by atoms with Crippen molar-refractivity contribution in [3.8, 4) is 0 Å². The zero-order valence-electron chi connectivity index (χ0n) is 17.6. The molecule has 1 heterocycles. The maximum atomic E-state index is 12.7. The third-order valence-electron chi connectivity index (χ3n) is 6.34. The molecule has 2 fully saturated rings. The van der Waals surface area contributed by atoms with Crippen molar-refractivity contribution in [1.82, 2.24) is 15.5 Å². The maximum absolute atomic E-state index is 12.7. The zero-order valence-corrected chi connectivity index (χ0v) is 17.6. The van der Waals surface area contributed by atoms with E-state index in [0.29, 0.717) is 19.0 Å². The number of ketones is 1. The van der Waals surface area contributed by atoms with E-state index in [-0.39, 0.29) is 30.2 Å². The van der Waals surface area contributed by atoms with Crippen LogP contribution in [0.1, 0.15) is 61.4 Å². The molecule has 6 heteroatoms. The van der Waals surface area contributed by atoms with Crippen molar-refractivity contribution in [3.63, 3.8) is 0 Å². The first-order valence-corrected chi connectivity index (χ1v) is 10.9. The zero-order chi connectivity index (χ0) is 20.8. The van der Waals surface area contributed by atoms with Crippen LogP contribution in [0.15, 0.2) is 24.3 Å². The van der Waals surface area contributed by atoms with Crippen LogP contribution < -0.4 is 10.6 Å². The summed E-state index contributed by atoms with van der Waals surface area (Å²) < 4.78 is 0. The smallest absolute Gasteiger partial charge is 0.321 e. The summed E-state index contributed by atoms with van der Waals surface area (Å²) >= 11 is 0. The lowest BCUT2D eigenvalue weighted by Gasteiger charge is -2.31. The van der Waals surface area contributed by atoms with E-state index in [2.05, 4.69) is 17.6 Å². The second kappa shape index (κ2) is 10.0. The van der Waals surface area contributed by atoms with Crippen LogP contribution >= 0.6 is 0 Å². The highest BCUT2D eigenvalue weighted by Crippen LogP contribution is 2.24. The molecule has 1 aromatic carbocycles. The molecule has 1 aliphatic heterocycles. The van der Waals surface area contributed by atoms with Gasteiger partial charge in [0.25, 0.3) is 0 Å². The Morgan fingerprint density at radius 3 is 2.31 bits per heavy atom. The summed E-state index contributed by atoms with van der Waals surface area (Å²) in [5.74, 6) is 0.368. The van der Waals surface area contributed by atoms with Crippen molar-refractivity contribution in [1.29, 1.82) is 0 Å². The van der Waals surface area contributed by atoms with E-state index in [1.165, 1.54) is 6.42 Å². The van der Waals surface area contributed by atoms with Crippen molar-refractivity contribution >= 4 is 17.7 Å². The fourth-order valence-corrected chi connectivity index (χ4v) is 4.41. The average molecular weight is 400 g/mol. The molecular weight excluding hydrogens is 366 g/mol. The molecule has 29 heavy (non-hydrogen) atoms. The van der Waals surface area contributed by atoms with Crippen LogP contribution in [0.2, 0.25) is 0 Å². The number of imide groups is 1. The monoisotopic (exact) mass is 399 g/mol. The molecule has 2 N–H and O–H groups in total. The first-order valence-electron chi connectivity index (χ1n) is 10.9. The number of hydrogen-bond acceptors (Lipinski definition) is 4. The van der Waals surface area contributed by atoms with Crippen LogP contribution in [-0.2, 0) is 4.79 Å². The van der Waals surface area contributed by atoms with Crippen molar-refractivity contribution < 1.29 is 14.4 Å². The Hall–Kier alpha value is -2.21. The molecule has 158 valence electrons. The van der Waals surface area contributed by atoms with Gasteiger partial charge in [-0.3, -0.25) is 19.8 Å². The number of nitrogens with zero attached hydrogens (tertiary/aromatic N) is 1. The Balaban J connectivity index is 1.39. The van der Waals surface area contributed by atoms with Gasteiger partial charge in [-0.1, -0.05) is 49.6 Å². The summed E-state index contributed by atoms with van der Waals surface area (Å²) in [6.45, 7) is 5.73. The fourth-order valence-electron chi connectivity index (χ4n) is 4.41. The largest absolute Gasteiger partial charge is 0.335 e. The van der Waals surface area contributed by atoms with Gasteiger partial charge in [0, 0.05) is 17.5 Å². The van der Waals surface area contributed by atoms with E-state index in [1.54, 1.807) is 0 Å². The van der Waals surface area contributed by atoms with E-state index in [1.807, 2.05) is 36.1 Å². The second-order valence-corrected chi connectivity index (χ2v) is 8.67. The van der Waals surface area contributed by atoms with Crippen molar-refractivity contribution in [2.75, 3.05) is 19.6 Å². The number of urea groups is 1. The number of amides is 3. The van der Waals surface area contributed by atoms with Gasteiger partial charge in [0.05, 0.1) is 6.54 Å². The van der Waals surface area contributed by atoms with E-state index < -0.39 is 6.03 Å². The molecule has 0 bridgehead atoms. The Bertz CT molecular complexity index is 723. The van der Waals surface area contributed by atoms with Crippen LogP contribution in [0.3, 0.4) is 0 Å². The van der Waals surface area contributed by atoms with Crippen LogP contribution in [0.5, 0.6) is 0 Å². The Morgan fingerprint density at radius 2 is 1.66 bits per heavy atom. The van der Waals surface area contributed by atoms with Crippen LogP contribution in [0, 0.1) is 18.8 Å². The number of likely N-dealkylation sites (tertiary alicyclic amines) is 1. The summed E-state index contributed by atoms with van der Waals surface area (Å²) in [6.07, 6.45) is 5.92. The number of carbonyl (C=O) groups is 3. The van der Waals surface area contributed by atoms with Crippen molar-refractivity contribution in [2.45, 2.75) is 58.4 Å². The molecule has 2 aliphatic rings. The van der Waals surface area contributed by atoms with Gasteiger partial charge in [-0.15, -0.1) is 0 Å². The normalized spacial score (nSPS) is 23.4. The van der Waals surface area contributed by atoms with Crippen LogP contribution in [0.4, 0.5) is 4.79 Å². The van der Waals surface area contributed by atoms with Gasteiger partial charge in [0.1, 0.15) is 0 Å². The third-order valence-corrected chi connectivity index (χ3v) is 6.34. The maximum Gasteiger partial charge on any atom is 0.321 e. The van der Waals surface area contributed by atoms with E-state index >= 15 is 0 Å². The molecule has 3 amide bonds. The lowest BCUT2D eigenvalue weighted by atomic mass is 9.86. The lowest BCUT2D eigenvalue weighted by Crippen LogP contribution is -2.50. The third kappa shape index (κ3) is 6.13. The molecule has 3 rings (SSSR count). The fraction of sp³-hybridized carbons (Fsp3) is 0.609. The summed E-state index contributed by atoms with van der Waals surface area (Å²) in [4.78, 5) is 39.0. The highest BCUT2D eigenvalue weighted by Gasteiger charge is 2.27. The number of carbonyl (C=O) groups excluding carboxylic acids is 3. The van der Waals surface area contributed by atoms with Gasteiger partial charge in [-0.25, -0.2) is 4.79 Å². The standard InChI is InChI=1S/C23H33N3O3/c1-16-7-9-18(10-8-16)22(28)19-11-13-26(14-12-19)15-21(27)25-23(29)24-20-6-4-3-5-17(20)2/h7-10,17,19-20H,3-6,11-15H2,1-2H3,(H2,24,25,27,29). The highest BCUT2D eigenvalue weighted by molar-refractivity contribution is 5.98. The van der Waals surface area contributed by atoms with E-state index in [0.717, 1.165) is 43.2 Å². The van der Waals surface area contributed by atoms with E-state index in [9.17, 15) is 14.4 Å². The predicted molar refractivity (Wildman–Crippen MR) is 113 cm³/mol. The van der Waals surface area contributed by atoms with Gasteiger partial charge in [0.2, 0.25) is 5.91 Å². The predicted octanol–water partition coefficient (Wildman–Crippen LogP) is 3.29. The number of nitrogens with one attached hydrogen (secondary N) is 2. The Kier molecular flexibility index (Phi) is 7.42. The van der Waals surface area contributed by atoms with Crippen LogP contribution in [0.25, 0.3) is 0 Å². The van der Waals surface area contributed by atoms with Gasteiger partial charge < -0.3 is 5.32 Å². The molecule has 0 radical (unpaired) electrons. The van der Waals surface area contributed by atoms with Gasteiger partial charge in [-0.05, 0) is 51.6 Å². The number of Topliss-reactive ketones (excluding diaryl/α,β-unsaturated/α-hetero) is 1. The lowest BCUT2D eigenvalue weighted by molar-refractivity contribution is -0.121. The minimum atomic E-state index is -0.391. The average Bonchev–Trinajstić information content (AvgIpc) is 2.70. The molecule has 6 nitrogen and oxygen atoms in total. The first-order chi connectivity index (χ1) is 13.9. The summed E-state index contributed by atoms with van der Waals surface area (Å²) in [5, 5.41) is 5.41. The summed E-state index contributed by atoms with van der Waals surface area (Å²) in [5.41, 5.74) is 1.91. The minimum absolute atomic E-state index is 0.00750. The van der Waals surface area contributed by atoms with E-state index in [4.69, 9.17) is 0 Å². The van der Waals surface area contributed by atoms with Gasteiger partial charge in [-0.2, -0.15) is 0 Å². The Morgan fingerprint density at radius 1 is 1.00 bits per heavy atom. The summed E-state index contributed by atoms with van der Waals surface area (Å²) in [6, 6.07) is 7.47. The molecule has 1 aromatic rings. The molecule has 1 aliphatic carbocycles. The number of aryl methyl sites for hydroxylation is 1. The number of piperidine rings is 1. The number of hydrogen-bond donors (Lipinski definition) is 2. The second-order valence-electron chi connectivity index (χ2n) is 8.67. The summed E-state index contributed by atoms with van der Waals surface area (Å²) in [7, 11) is 0. The minimum Gasteiger partial charge on any atom is -0.335 e. The number of benzene rings is 1. The first kappa shape index (κ1) is 21.5. The Labute approximate surface area is 173 Å². The molecule has 1 saturated carbocycles. The van der Waals surface area contributed by atoms with Crippen molar-refractivity contribution in [3.05, 3.63) is 35.4 Å². The highest BCUT2D eigenvalue weighted by atomic mass is 16.2. The van der Waals surface area contributed by atoms with Crippen LogP contribution in [-0.4, -0.2) is 48.3 Å². The SMILES string of the molecule is Cc1ccc(C(=O)C2CCN(CC(=O)NC(=O)NC3CCCCC3C)CC2)cc1. The number of rotatable bonds is 5. The topological polar surface area (TPSA) is 78.5 Å². The molecule has 0 spiro atoms. The molecule has 2 unspecified atom stereocenters. The molecule has 1 saturated heterocycles.